The number of hydrogen-bond acceptors (Lipinski definition) is 3. The second kappa shape index (κ2) is 7.68. The van der Waals surface area contributed by atoms with E-state index >= 15 is 0 Å². The molecule has 0 spiro atoms. The van der Waals surface area contributed by atoms with Crippen molar-refractivity contribution in [3.05, 3.63) is 53.1 Å². The van der Waals surface area contributed by atoms with Crippen LogP contribution in [-0.4, -0.2) is 24.4 Å². The van der Waals surface area contributed by atoms with Gasteiger partial charge in [0.1, 0.15) is 5.75 Å². The molecule has 3 aliphatic rings. The highest BCUT2D eigenvalue weighted by molar-refractivity contribution is 5.39. The van der Waals surface area contributed by atoms with Gasteiger partial charge in [-0.2, -0.15) is 0 Å². The van der Waals surface area contributed by atoms with Crippen molar-refractivity contribution in [2.75, 3.05) is 13.7 Å². The number of fused-ring (bicyclic) bond motifs is 1. The number of hydrogen-bond donors (Lipinski definition) is 2. The van der Waals surface area contributed by atoms with E-state index in [2.05, 4.69) is 37.3 Å². The minimum atomic E-state index is -0.357. The van der Waals surface area contributed by atoms with Crippen molar-refractivity contribution in [3.8, 4) is 5.75 Å². The van der Waals surface area contributed by atoms with E-state index in [1.807, 2.05) is 6.07 Å². The van der Waals surface area contributed by atoms with E-state index < -0.39 is 0 Å². The third-order valence-electron chi connectivity index (χ3n) is 7.58. The molecule has 28 heavy (non-hydrogen) atoms. The zero-order chi connectivity index (χ0) is 19.8. The summed E-state index contributed by atoms with van der Waals surface area (Å²) in [7, 11) is 1.74. The Morgan fingerprint density at radius 3 is 2.86 bits per heavy atom. The number of allylic oxidation sites excluding steroid dienone is 4. The summed E-state index contributed by atoms with van der Waals surface area (Å²) >= 11 is 0. The maximum atomic E-state index is 9.64. The summed E-state index contributed by atoms with van der Waals surface area (Å²) in [5.74, 6) is 2.26. The van der Waals surface area contributed by atoms with Gasteiger partial charge in [-0.15, -0.1) is 0 Å². The minimum absolute atomic E-state index is 0.114. The molecule has 3 heteroatoms. The SMILES string of the molecule is COc1cccc(C[C@@H]2CCC3=CC(C)([C@H]4CC[C@](N)(CO)C4)CC=C3C2)c1. The first-order chi connectivity index (χ1) is 13.4. The predicted octanol–water partition coefficient (Wildman–Crippen LogP) is 4.79. The number of ether oxygens (including phenoxy) is 1. The van der Waals surface area contributed by atoms with Crippen LogP contribution in [0.3, 0.4) is 0 Å². The standard InChI is InChI=1S/C25H35NO2/c1-24(22-9-11-25(26,16-22)17-27)10-8-20-13-19(6-7-21(20)15-24)12-18-4-3-5-23(14-18)28-2/h3-5,8,14-15,19,22,27H,6-7,9-13,16-17,26H2,1-2H3/t19-,22-,24?,25+/m0/s1. The quantitative estimate of drug-likeness (QED) is 0.771. The van der Waals surface area contributed by atoms with Gasteiger partial charge in [-0.25, -0.2) is 0 Å². The molecule has 3 N–H and O–H groups in total. The summed E-state index contributed by atoms with van der Waals surface area (Å²) < 4.78 is 5.38. The fourth-order valence-electron chi connectivity index (χ4n) is 5.70. The van der Waals surface area contributed by atoms with Crippen molar-refractivity contribution in [2.45, 2.75) is 63.8 Å². The van der Waals surface area contributed by atoms with Crippen LogP contribution in [-0.2, 0) is 6.42 Å². The molecule has 1 aromatic carbocycles. The molecule has 2 fully saturated rings. The van der Waals surface area contributed by atoms with E-state index in [-0.39, 0.29) is 17.6 Å². The predicted molar refractivity (Wildman–Crippen MR) is 114 cm³/mol. The number of methoxy groups -OCH3 is 1. The van der Waals surface area contributed by atoms with Crippen LogP contribution in [0.1, 0.15) is 57.4 Å². The maximum absolute atomic E-state index is 9.64. The largest absolute Gasteiger partial charge is 0.497 e. The molecule has 1 unspecified atom stereocenters. The molecule has 4 atom stereocenters. The van der Waals surface area contributed by atoms with Crippen molar-refractivity contribution in [1.82, 2.24) is 0 Å². The van der Waals surface area contributed by atoms with E-state index in [4.69, 9.17) is 10.5 Å². The average Bonchev–Trinajstić information content (AvgIpc) is 3.12. The van der Waals surface area contributed by atoms with E-state index in [1.54, 1.807) is 18.3 Å². The van der Waals surface area contributed by atoms with Crippen molar-refractivity contribution in [1.29, 1.82) is 0 Å². The molecule has 0 heterocycles. The molecule has 0 bridgehead atoms. The third kappa shape index (κ3) is 3.92. The van der Waals surface area contributed by atoms with Crippen LogP contribution in [0.15, 0.2) is 47.6 Å². The highest BCUT2D eigenvalue weighted by atomic mass is 16.5. The molecular formula is C25H35NO2. The number of aliphatic hydroxyl groups excluding tert-OH is 1. The Kier molecular flexibility index (Phi) is 5.41. The Bertz CT molecular complexity index is 783. The van der Waals surface area contributed by atoms with Crippen molar-refractivity contribution in [3.63, 3.8) is 0 Å². The molecule has 152 valence electrons. The summed E-state index contributed by atoms with van der Waals surface area (Å²) in [5.41, 5.74) is 10.7. The van der Waals surface area contributed by atoms with Crippen LogP contribution in [0.4, 0.5) is 0 Å². The van der Waals surface area contributed by atoms with E-state index in [0.29, 0.717) is 5.92 Å². The van der Waals surface area contributed by atoms with Crippen molar-refractivity contribution < 1.29 is 9.84 Å². The molecule has 0 aliphatic heterocycles. The van der Waals surface area contributed by atoms with Gasteiger partial charge in [0, 0.05) is 5.54 Å². The lowest BCUT2D eigenvalue weighted by Crippen LogP contribution is -2.42. The summed E-state index contributed by atoms with van der Waals surface area (Å²) in [6.45, 7) is 2.52. The number of aliphatic hydroxyl groups is 1. The van der Waals surface area contributed by atoms with Gasteiger partial charge in [-0.1, -0.05) is 31.2 Å². The fraction of sp³-hybridized carbons (Fsp3) is 0.600. The Balaban J connectivity index is 1.41. The second-order valence-corrected chi connectivity index (χ2v) is 9.73. The zero-order valence-electron chi connectivity index (χ0n) is 17.4. The Hall–Kier alpha value is -1.58. The molecule has 3 nitrogen and oxygen atoms in total. The van der Waals surface area contributed by atoms with Gasteiger partial charge < -0.3 is 15.6 Å². The first kappa shape index (κ1) is 19.7. The topological polar surface area (TPSA) is 55.5 Å². The molecule has 0 aromatic heterocycles. The Labute approximate surface area is 169 Å². The Morgan fingerprint density at radius 1 is 1.25 bits per heavy atom. The molecule has 0 amide bonds. The molecule has 4 rings (SSSR count). The highest BCUT2D eigenvalue weighted by Gasteiger charge is 2.44. The first-order valence-corrected chi connectivity index (χ1v) is 10.9. The first-order valence-electron chi connectivity index (χ1n) is 10.9. The van der Waals surface area contributed by atoms with Crippen molar-refractivity contribution in [2.24, 2.45) is 23.0 Å². The Morgan fingerprint density at radius 2 is 2.11 bits per heavy atom. The second-order valence-electron chi connectivity index (χ2n) is 9.73. The third-order valence-corrected chi connectivity index (χ3v) is 7.58. The van der Waals surface area contributed by atoms with Gasteiger partial charge in [0.25, 0.3) is 0 Å². The molecule has 0 radical (unpaired) electrons. The van der Waals surface area contributed by atoms with E-state index in [9.17, 15) is 5.11 Å². The smallest absolute Gasteiger partial charge is 0.119 e. The van der Waals surface area contributed by atoms with Crippen LogP contribution in [0.25, 0.3) is 0 Å². The van der Waals surface area contributed by atoms with Crippen LogP contribution in [0.5, 0.6) is 5.75 Å². The van der Waals surface area contributed by atoms with Crippen LogP contribution in [0, 0.1) is 17.3 Å². The average molecular weight is 382 g/mol. The maximum Gasteiger partial charge on any atom is 0.119 e. The summed E-state index contributed by atoms with van der Waals surface area (Å²) in [6.07, 6.45) is 14.0. The van der Waals surface area contributed by atoms with E-state index in [1.165, 1.54) is 24.8 Å². The van der Waals surface area contributed by atoms with Gasteiger partial charge in [0.05, 0.1) is 13.7 Å². The van der Waals surface area contributed by atoms with Gasteiger partial charge in [-0.3, -0.25) is 0 Å². The minimum Gasteiger partial charge on any atom is -0.497 e. The van der Waals surface area contributed by atoms with Crippen LogP contribution < -0.4 is 10.5 Å². The van der Waals surface area contributed by atoms with E-state index in [0.717, 1.165) is 43.8 Å². The monoisotopic (exact) mass is 381 g/mol. The number of rotatable bonds is 5. The lowest BCUT2D eigenvalue weighted by atomic mass is 9.66. The van der Waals surface area contributed by atoms with Crippen LogP contribution >= 0.6 is 0 Å². The lowest BCUT2D eigenvalue weighted by molar-refractivity contribution is 0.179. The highest BCUT2D eigenvalue weighted by Crippen LogP contribution is 2.51. The lowest BCUT2D eigenvalue weighted by Gasteiger charge is -2.39. The zero-order valence-corrected chi connectivity index (χ0v) is 17.4. The molecule has 2 saturated carbocycles. The summed E-state index contributed by atoms with van der Waals surface area (Å²) in [5, 5.41) is 9.64. The molecule has 3 aliphatic carbocycles. The fourth-order valence-corrected chi connectivity index (χ4v) is 5.70. The number of nitrogens with two attached hydrogens (primary N) is 1. The van der Waals surface area contributed by atoms with Gasteiger partial charge in [0.2, 0.25) is 0 Å². The molecular weight excluding hydrogens is 346 g/mol. The van der Waals surface area contributed by atoms with Crippen LogP contribution in [0.2, 0.25) is 0 Å². The molecule has 0 saturated heterocycles. The molecule has 1 aromatic rings. The summed E-state index contributed by atoms with van der Waals surface area (Å²) in [6, 6.07) is 8.52. The summed E-state index contributed by atoms with van der Waals surface area (Å²) in [4.78, 5) is 0. The van der Waals surface area contributed by atoms with Gasteiger partial charge in [0.15, 0.2) is 0 Å². The van der Waals surface area contributed by atoms with Crippen molar-refractivity contribution >= 4 is 0 Å². The van der Waals surface area contributed by atoms with Gasteiger partial charge >= 0.3 is 0 Å². The van der Waals surface area contributed by atoms with Gasteiger partial charge in [-0.05, 0) is 97.5 Å². The number of benzene rings is 1. The normalized spacial score (nSPS) is 35.1.